The molecule has 0 unspecified atom stereocenters. The van der Waals surface area contributed by atoms with Crippen molar-refractivity contribution >= 4 is 17.7 Å². The number of carbonyl (C=O) groups is 1. The van der Waals surface area contributed by atoms with Crippen LogP contribution in [0, 0.1) is 5.92 Å². The molecule has 1 aliphatic rings. The zero-order chi connectivity index (χ0) is 16.2. The van der Waals surface area contributed by atoms with E-state index in [-0.39, 0.29) is 12.0 Å². The molecule has 1 atom stereocenters. The molecule has 0 N–H and O–H groups in total. The highest BCUT2D eigenvalue weighted by atomic mass is 35.5. The van der Waals surface area contributed by atoms with Gasteiger partial charge in [0.05, 0.1) is 24.0 Å². The predicted octanol–water partition coefficient (Wildman–Crippen LogP) is 3.16. The van der Waals surface area contributed by atoms with Gasteiger partial charge in [-0.15, -0.1) is 0 Å². The van der Waals surface area contributed by atoms with Gasteiger partial charge in [-0.25, -0.2) is 14.8 Å². The number of halogens is 1. The van der Waals surface area contributed by atoms with Crippen molar-refractivity contribution in [1.82, 2.24) is 14.9 Å². The van der Waals surface area contributed by atoms with Crippen LogP contribution in [0.3, 0.4) is 0 Å². The maximum atomic E-state index is 12.1. The standard InChI is InChI=1S/C15H22ClN3O3/c1-15(2,3)22-14(20)19-6-4-5-11(9-19)10-21-13-17-7-12(16)8-18-13/h7-8,11H,4-6,9-10H2,1-3H3/t11-/m1/s1. The van der Waals surface area contributed by atoms with E-state index in [1.54, 1.807) is 4.90 Å². The van der Waals surface area contributed by atoms with Gasteiger partial charge in [-0.05, 0) is 33.6 Å². The molecule has 1 fully saturated rings. The van der Waals surface area contributed by atoms with Crippen LogP contribution in [0.1, 0.15) is 33.6 Å². The first-order valence-electron chi connectivity index (χ1n) is 7.42. The molecule has 0 aromatic carbocycles. The molecule has 1 aromatic heterocycles. The Morgan fingerprint density at radius 1 is 1.41 bits per heavy atom. The number of hydrogen-bond donors (Lipinski definition) is 0. The lowest BCUT2D eigenvalue weighted by molar-refractivity contribution is 0.0137. The predicted molar refractivity (Wildman–Crippen MR) is 83.1 cm³/mol. The average molecular weight is 328 g/mol. The number of piperidine rings is 1. The van der Waals surface area contributed by atoms with E-state index in [0.717, 1.165) is 19.4 Å². The molecule has 0 saturated carbocycles. The molecule has 0 radical (unpaired) electrons. The summed E-state index contributed by atoms with van der Waals surface area (Å²) in [6.07, 6.45) is 4.68. The zero-order valence-corrected chi connectivity index (χ0v) is 14.0. The van der Waals surface area contributed by atoms with Crippen LogP contribution in [-0.2, 0) is 4.74 Å². The maximum Gasteiger partial charge on any atom is 0.410 e. The van der Waals surface area contributed by atoms with Crippen molar-refractivity contribution in [3.8, 4) is 6.01 Å². The Kier molecular flexibility index (Phi) is 5.45. The normalized spacial score (nSPS) is 18.9. The number of rotatable bonds is 3. The third kappa shape index (κ3) is 5.33. The molecule has 22 heavy (non-hydrogen) atoms. The fourth-order valence-electron chi connectivity index (χ4n) is 2.26. The van der Waals surface area contributed by atoms with E-state index in [1.807, 2.05) is 20.8 Å². The minimum Gasteiger partial charge on any atom is -0.463 e. The van der Waals surface area contributed by atoms with Crippen molar-refractivity contribution in [2.24, 2.45) is 5.92 Å². The van der Waals surface area contributed by atoms with E-state index in [4.69, 9.17) is 21.1 Å². The second-order valence-corrected chi connectivity index (χ2v) is 6.87. The van der Waals surface area contributed by atoms with Gasteiger partial charge in [-0.2, -0.15) is 0 Å². The van der Waals surface area contributed by atoms with Gasteiger partial charge >= 0.3 is 12.1 Å². The van der Waals surface area contributed by atoms with Crippen LogP contribution in [-0.4, -0.2) is 46.3 Å². The van der Waals surface area contributed by atoms with E-state index in [0.29, 0.717) is 24.2 Å². The van der Waals surface area contributed by atoms with E-state index in [1.165, 1.54) is 12.4 Å². The van der Waals surface area contributed by atoms with Crippen LogP contribution < -0.4 is 4.74 Å². The molecule has 0 aliphatic carbocycles. The van der Waals surface area contributed by atoms with Crippen molar-refractivity contribution in [2.45, 2.75) is 39.2 Å². The smallest absolute Gasteiger partial charge is 0.410 e. The Bertz CT molecular complexity index is 502. The summed E-state index contributed by atoms with van der Waals surface area (Å²) >= 11 is 5.73. The van der Waals surface area contributed by atoms with Gasteiger partial charge in [-0.1, -0.05) is 11.6 Å². The van der Waals surface area contributed by atoms with E-state index in [2.05, 4.69) is 9.97 Å². The van der Waals surface area contributed by atoms with Gasteiger partial charge in [-0.3, -0.25) is 0 Å². The summed E-state index contributed by atoms with van der Waals surface area (Å²) in [4.78, 5) is 21.8. The van der Waals surface area contributed by atoms with Gasteiger partial charge in [0, 0.05) is 19.0 Å². The van der Waals surface area contributed by atoms with Gasteiger partial charge in [0.1, 0.15) is 5.60 Å². The van der Waals surface area contributed by atoms with Gasteiger partial charge in [0.15, 0.2) is 0 Å². The molecule has 6 nitrogen and oxygen atoms in total. The molecule has 7 heteroatoms. The van der Waals surface area contributed by atoms with Crippen LogP contribution in [0.25, 0.3) is 0 Å². The second kappa shape index (κ2) is 7.13. The number of hydrogen-bond acceptors (Lipinski definition) is 5. The zero-order valence-electron chi connectivity index (χ0n) is 13.2. The largest absolute Gasteiger partial charge is 0.463 e. The quantitative estimate of drug-likeness (QED) is 0.853. The first kappa shape index (κ1) is 16.8. The lowest BCUT2D eigenvalue weighted by Gasteiger charge is -2.33. The lowest BCUT2D eigenvalue weighted by Crippen LogP contribution is -2.44. The van der Waals surface area contributed by atoms with Crippen LogP contribution in [0.15, 0.2) is 12.4 Å². The molecule has 122 valence electrons. The molecule has 1 aliphatic heterocycles. The number of likely N-dealkylation sites (tertiary alicyclic amines) is 1. The fourth-order valence-corrected chi connectivity index (χ4v) is 2.36. The van der Waals surface area contributed by atoms with E-state index >= 15 is 0 Å². The van der Waals surface area contributed by atoms with Crippen molar-refractivity contribution in [3.63, 3.8) is 0 Å². The van der Waals surface area contributed by atoms with Crippen molar-refractivity contribution in [3.05, 3.63) is 17.4 Å². The summed E-state index contributed by atoms with van der Waals surface area (Å²) in [7, 11) is 0. The highest BCUT2D eigenvalue weighted by Crippen LogP contribution is 2.20. The summed E-state index contributed by atoms with van der Waals surface area (Å²) in [6.45, 7) is 7.43. The highest BCUT2D eigenvalue weighted by molar-refractivity contribution is 6.30. The fraction of sp³-hybridized carbons (Fsp3) is 0.667. The summed E-state index contributed by atoms with van der Waals surface area (Å²) in [5, 5.41) is 0.473. The number of ether oxygens (including phenoxy) is 2. The van der Waals surface area contributed by atoms with Gasteiger partial charge in [0.2, 0.25) is 0 Å². The monoisotopic (exact) mass is 327 g/mol. The molecule has 0 spiro atoms. The molecule has 2 rings (SSSR count). The first-order valence-corrected chi connectivity index (χ1v) is 7.79. The average Bonchev–Trinajstić information content (AvgIpc) is 2.45. The summed E-state index contributed by atoms with van der Waals surface area (Å²) in [6, 6.07) is 0.304. The van der Waals surface area contributed by atoms with E-state index < -0.39 is 5.60 Å². The Hall–Kier alpha value is -1.56. The van der Waals surface area contributed by atoms with Crippen molar-refractivity contribution < 1.29 is 14.3 Å². The van der Waals surface area contributed by atoms with Crippen molar-refractivity contribution in [2.75, 3.05) is 19.7 Å². The molecule has 0 bridgehead atoms. The molecular formula is C15H22ClN3O3. The Morgan fingerprint density at radius 3 is 2.73 bits per heavy atom. The van der Waals surface area contributed by atoms with Gasteiger partial charge < -0.3 is 14.4 Å². The number of carbonyl (C=O) groups excluding carboxylic acids is 1. The number of nitrogens with zero attached hydrogens (tertiary/aromatic N) is 3. The summed E-state index contributed by atoms with van der Waals surface area (Å²) in [5.74, 6) is 0.251. The third-order valence-electron chi connectivity index (χ3n) is 3.22. The van der Waals surface area contributed by atoms with Crippen molar-refractivity contribution in [1.29, 1.82) is 0 Å². The molecule has 1 amide bonds. The minimum atomic E-state index is -0.475. The Balaban J connectivity index is 1.82. The number of amides is 1. The second-order valence-electron chi connectivity index (χ2n) is 6.43. The summed E-state index contributed by atoms with van der Waals surface area (Å²) in [5.41, 5.74) is -0.475. The van der Waals surface area contributed by atoms with Crippen LogP contribution in [0.4, 0.5) is 4.79 Å². The van der Waals surface area contributed by atoms with Crippen LogP contribution in [0.2, 0.25) is 5.02 Å². The van der Waals surface area contributed by atoms with E-state index in [9.17, 15) is 4.79 Å². The Morgan fingerprint density at radius 2 is 2.09 bits per heavy atom. The molecule has 1 aromatic rings. The van der Waals surface area contributed by atoms with Crippen LogP contribution >= 0.6 is 11.6 Å². The van der Waals surface area contributed by atoms with Crippen LogP contribution in [0.5, 0.6) is 6.01 Å². The third-order valence-corrected chi connectivity index (χ3v) is 3.41. The lowest BCUT2D eigenvalue weighted by atomic mass is 9.99. The summed E-state index contributed by atoms with van der Waals surface area (Å²) < 4.78 is 11.0. The molecule has 1 saturated heterocycles. The molecular weight excluding hydrogens is 306 g/mol. The Labute approximate surface area is 135 Å². The minimum absolute atomic E-state index is 0.251. The topological polar surface area (TPSA) is 64.5 Å². The molecule has 2 heterocycles. The number of aromatic nitrogens is 2. The SMILES string of the molecule is CC(C)(C)OC(=O)N1CCC[C@@H](COc2ncc(Cl)cn2)C1. The van der Waals surface area contributed by atoms with Gasteiger partial charge in [0.25, 0.3) is 0 Å². The first-order chi connectivity index (χ1) is 10.3. The highest BCUT2D eigenvalue weighted by Gasteiger charge is 2.28. The maximum absolute atomic E-state index is 12.1.